The van der Waals surface area contributed by atoms with Crippen LogP contribution in [0.5, 0.6) is 11.5 Å². The van der Waals surface area contributed by atoms with Gasteiger partial charge in [0, 0.05) is 24.1 Å². The first-order chi connectivity index (χ1) is 18.9. The summed E-state index contributed by atoms with van der Waals surface area (Å²) in [5.41, 5.74) is 4.24. The molecule has 0 aromatic heterocycles. The van der Waals surface area contributed by atoms with Crippen LogP contribution >= 0.6 is 0 Å². The van der Waals surface area contributed by atoms with Crippen LogP contribution in [0.2, 0.25) is 0 Å². The van der Waals surface area contributed by atoms with Gasteiger partial charge in [-0.25, -0.2) is 0 Å². The van der Waals surface area contributed by atoms with E-state index in [2.05, 4.69) is 5.32 Å². The molecule has 5 rings (SSSR count). The van der Waals surface area contributed by atoms with Crippen LogP contribution in [-0.4, -0.2) is 37.0 Å². The second-order valence-corrected chi connectivity index (χ2v) is 9.65. The number of carbonyl (C=O) groups excluding carboxylic acids is 2. The molecule has 2 atom stereocenters. The number of carbonyl (C=O) groups is 3. The Morgan fingerprint density at radius 3 is 2.33 bits per heavy atom. The quantitative estimate of drug-likeness (QED) is 0.421. The molecule has 8 nitrogen and oxygen atoms in total. The molecule has 2 aliphatic rings. The lowest BCUT2D eigenvalue weighted by Crippen LogP contribution is -2.38. The first-order valence-corrected chi connectivity index (χ1v) is 12.8. The van der Waals surface area contributed by atoms with Crippen LogP contribution in [0.15, 0.2) is 84.1 Å². The molecule has 3 aromatic carbocycles. The molecule has 0 saturated heterocycles. The van der Waals surface area contributed by atoms with Crippen molar-refractivity contribution in [2.24, 2.45) is 0 Å². The number of methoxy groups -OCH3 is 2. The van der Waals surface area contributed by atoms with Crippen LogP contribution in [0.1, 0.15) is 48.8 Å². The zero-order valence-corrected chi connectivity index (χ0v) is 21.8. The molecule has 1 heterocycles. The molecule has 1 amide bonds. The average Bonchev–Trinajstić information content (AvgIpc) is 3.10. The summed E-state index contributed by atoms with van der Waals surface area (Å²) in [6.45, 7) is 0. The Balaban J connectivity index is 1.71. The summed E-state index contributed by atoms with van der Waals surface area (Å²) >= 11 is 0. The Morgan fingerprint density at radius 2 is 1.62 bits per heavy atom. The Kier molecular flexibility index (Phi) is 7.36. The third kappa shape index (κ3) is 5.10. The number of amides is 1. The van der Waals surface area contributed by atoms with Crippen molar-refractivity contribution in [1.29, 1.82) is 0 Å². The number of carboxylic acid groups (broad SMARTS) is 1. The minimum Gasteiger partial charge on any atom is -0.493 e. The molecule has 2 N–H and O–H groups in total. The van der Waals surface area contributed by atoms with Crippen molar-refractivity contribution in [1.82, 2.24) is 0 Å². The molecule has 8 heteroatoms. The van der Waals surface area contributed by atoms with Crippen LogP contribution in [0, 0.1) is 0 Å². The highest BCUT2D eigenvalue weighted by Crippen LogP contribution is 2.48. The molecular formula is C31H30N2O6. The predicted molar refractivity (Wildman–Crippen MR) is 147 cm³/mol. The van der Waals surface area contributed by atoms with E-state index in [1.807, 2.05) is 60.7 Å². The number of nitrogens with one attached hydrogen (secondary N) is 1. The molecule has 0 bridgehead atoms. The van der Waals surface area contributed by atoms with Gasteiger partial charge >= 0.3 is 5.97 Å². The maximum atomic E-state index is 14.0. The van der Waals surface area contributed by atoms with Gasteiger partial charge < -0.3 is 19.9 Å². The molecule has 0 fully saturated rings. The van der Waals surface area contributed by atoms with Crippen LogP contribution < -0.4 is 19.7 Å². The summed E-state index contributed by atoms with van der Waals surface area (Å²) in [5.74, 6) is -0.556. The fourth-order valence-electron chi connectivity index (χ4n) is 5.50. The Hall–Kier alpha value is -4.59. The number of para-hydroxylation sites is 2. The number of carboxylic acids is 1. The molecule has 200 valence electrons. The first-order valence-electron chi connectivity index (χ1n) is 12.8. The fourth-order valence-corrected chi connectivity index (χ4v) is 5.50. The summed E-state index contributed by atoms with van der Waals surface area (Å²) in [7, 11) is 3.07. The molecule has 0 spiro atoms. The van der Waals surface area contributed by atoms with Crippen molar-refractivity contribution in [3.8, 4) is 11.5 Å². The summed E-state index contributed by atoms with van der Waals surface area (Å²) in [5, 5.41) is 12.8. The predicted octanol–water partition coefficient (Wildman–Crippen LogP) is 5.47. The zero-order valence-electron chi connectivity index (χ0n) is 21.8. The maximum absolute atomic E-state index is 14.0. The second-order valence-electron chi connectivity index (χ2n) is 9.65. The van der Waals surface area contributed by atoms with Gasteiger partial charge in [0.25, 0.3) is 0 Å². The summed E-state index contributed by atoms with van der Waals surface area (Å²) < 4.78 is 11.0. The van der Waals surface area contributed by atoms with E-state index in [-0.39, 0.29) is 24.5 Å². The molecule has 1 aliphatic heterocycles. The lowest BCUT2D eigenvalue weighted by atomic mass is 9.78. The lowest BCUT2D eigenvalue weighted by Gasteiger charge is -2.35. The fraction of sp³-hybridized carbons (Fsp3) is 0.258. The number of ketones is 1. The van der Waals surface area contributed by atoms with Gasteiger partial charge in [0.05, 0.1) is 38.1 Å². The highest BCUT2D eigenvalue weighted by atomic mass is 16.5. The molecule has 0 saturated carbocycles. The molecule has 0 radical (unpaired) electrons. The van der Waals surface area contributed by atoms with E-state index in [0.29, 0.717) is 46.9 Å². The smallest absolute Gasteiger partial charge is 0.303 e. The van der Waals surface area contributed by atoms with E-state index in [4.69, 9.17) is 9.47 Å². The van der Waals surface area contributed by atoms with Crippen LogP contribution in [0.25, 0.3) is 0 Å². The van der Waals surface area contributed by atoms with Gasteiger partial charge in [-0.05, 0) is 47.7 Å². The second kappa shape index (κ2) is 11.0. The summed E-state index contributed by atoms with van der Waals surface area (Å²) in [4.78, 5) is 40.8. The van der Waals surface area contributed by atoms with Crippen LogP contribution in [-0.2, 0) is 14.4 Å². The van der Waals surface area contributed by atoms with Crippen LogP contribution in [0.4, 0.5) is 11.4 Å². The SMILES string of the molecule is COc1ccc([C@H]2C3=C(C[C@@H](c4ccccc4)CC3=O)Nc3ccccc3N2C(=O)CCC(=O)O)cc1OC. The Morgan fingerprint density at radius 1 is 0.897 bits per heavy atom. The van der Waals surface area contributed by atoms with Crippen LogP contribution in [0.3, 0.4) is 0 Å². The number of benzene rings is 3. The largest absolute Gasteiger partial charge is 0.493 e. The van der Waals surface area contributed by atoms with Gasteiger partial charge in [-0.1, -0.05) is 48.5 Å². The van der Waals surface area contributed by atoms with Crippen molar-refractivity contribution in [3.05, 3.63) is 95.2 Å². The number of aliphatic carboxylic acids is 1. The number of allylic oxidation sites excluding steroid dienone is 1. The van der Waals surface area contributed by atoms with Crippen molar-refractivity contribution >= 4 is 29.0 Å². The third-order valence-corrected chi connectivity index (χ3v) is 7.30. The normalized spacial score (nSPS) is 18.4. The Labute approximate surface area is 226 Å². The van der Waals surface area contributed by atoms with E-state index in [9.17, 15) is 19.5 Å². The molecule has 0 unspecified atom stereocenters. The van der Waals surface area contributed by atoms with E-state index in [1.165, 1.54) is 7.11 Å². The number of nitrogens with zero attached hydrogens (tertiary/aromatic N) is 1. The van der Waals surface area contributed by atoms with E-state index in [0.717, 1.165) is 11.3 Å². The van der Waals surface area contributed by atoms with E-state index in [1.54, 1.807) is 24.1 Å². The summed E-state index contributed by atoms with van der Waals surface area (Å²) in [6.07, 6.45) is 0.346. The number of ether oxygens (including phenoxy) is 2. The minimum atomic E-state index is -1.06. The minimum absolute atomic E-state index is 0.0163. The van der Waals surface area contributed by atoms with Crippen molar-refractivity contribution in [3.63, 3.8) is 0 Å². The number of anilines is 2. The highest BCUT2D eigenvalue weighted by molar-refractivity contribution is 6.06. The average molecular weight is 527 g/mol. The van der Waals surface area contributed by atoms with Crippen molar-refractivity contribution < 1.29 is 29.0 Å². The van der Waals surface area contributed by atoms with Gasteiger partial charge in [0.2, 0.25) is 5.91 Å². The molecule has 3 aromatic rings. The first kappa shape index (κ1) is 26.0. The number of hydrogen-bond acceptors (Lipinski definition) is 6. The van der Waals surface area contributed by atoms with E-state index < -0.39 is 17.9 Å². The Bertz CT molecular complexity index is 1450. The lowest BCUT2D eigenvalue weighted by molar-refractivity contribution is -0.138. The van der Waals surface area contributed by atoms with Gasteiger partial charge in [-0.15, -0.1) is 0 Å². The molecule has 1 aliphatic carbocycles. The van der Waals surface area contributed by atoms with Gasteiger partial charge in [-0.2, -0.15) is 0 Å². The number of fused-ring (bicyclic) bond motifs is 1. The zero-order chi connectivity index (χ0) is 27.5. The van der Waals surface area contributed by atoms with E-state index >= 15 is 0 Å². The highest BCUT2D eigenvalue weighted by Gasteiger charge is 2.41. The summed E-state index contributed by atoms with van der Waals surface area (Å²) in [6, 6.07) is 21.9. The maximum Gasteiger partial charge on any atom is 0.303 e. The monoisotopic (exact) mass is 526 g/mol. The van der Waals surface area contributed by atoms with Gasteiger partial charge in [0.15, 0.2) is 17.3 Å². The number of rotatable bonds is 7. The standard InChI is InChI=1S/C31H30N2O6/c1-38-26-13-12-20(18-27(26)39-2)31-30-23(16-21(17-25(30)34)19-8-4-3-5-9-19)32-22-10-6-7-11-24(22)33(31)28(35)14-15-29(36)37/h3-13,18,21,31-32H,14-17H2,1-2H3,(H,36,37)/t21-,31+/m1/s1. The molecule has 39 heavy (non-hydrogen) atoms. The third-order valence-electron chi connectivity index (χ3n) is 7.30. The van der Waals surface area contributed by atoms with Crippen molar-refractivity contribution in [2.75, 3.05) is 24.4 Å². The number of hydrogen-bond donors (Lipinski definition) is 2. The molecular weight excluding hydrogens is 496 g/mol. The number of Topliss-reactive ketones (excluding diaryl/α,β-unsaturated/α-hetero) is 1. The van der Waals surface area contributed by atoms with Gasteiger partial charge in [0.1, 0.15) is 0 Å². The van der Waals surface area contributed by atoms with Crippen molar-refractivity contribution in [2.45, 2.75) is 37.6 Å². The van der Waals surface area contributed by atoms with Gasteiger partial charge in [-0.3, -0.25) is 19.3 Å². The topological polar surface area (TPSA) is 105 Å².